The summed E-state index contributed by atoms with van der Waals surface area (Å²) >= 11 is 14.7. The molecular weight excluding hydrogens is 285 g/mol. The quantitative estimate of drug-likeness (QED) is 0.305. The maximum absolute atomic E-state index is 11.6. The van der Waals surface area contributed by atoms with Gasteiger partial charge in [-0.3, -0.25) is 4.79 Å². The van der Waals surface area contributed by atoms with Gasteiger partial charge in [-0.1, -0.05) is 18.2 Å². The zero-order valence-corrected chi connectivity index (χ0v) is 11.0. The molecule has 0 radical (unpaired) electrons. The van der Waals surface area contributed by atoms with Crippen LogP contribution in [0.25, 0.3) is 0 Å². The molecule has 0 N–H and O–H groups in total. The number of hydrogen-bond donors (Lipinski definition) is 1. The van der Waals surface area contributed by atoms with E-state index in [1.165, 1.54) is 0 Å². The number of anilines is 1. The fraction of sp³-hybridized carbons (Fsp3) is 0.200. The second-order valence-electron chi connectivity index (χ2n) is 2.92. The number of hydrogen-bond acceptors (Lipinski definition) is 4. The van der Waals surface area contributed by atoms with Crippen molar-refractivity contribution < 1.29 is 14.3 Å². The lowest BCUT2D eigenvalue weighted by atomic mass is 10.3. The maximum Gasteiger partial charge on any atom is 0.423 e. The van der Waals surface area contributed by atoms with Crippen molar-refractivity contribution >= 4 is 53.0 Å². The standard InChI is InChI=1S/C10H9Cl2NO3S/c11-6-8(17)16-10(15)13(9(12)14)7-4-2-1-3-5-7/h1-5,8,17H,6H2. The molecule has 0 aromatic heterocycles. The Kier molecular flexibility index (Phi) is 5.61. The van der Waals surface area contributed by atoms with Crippen LogP contribution in [0.1, 0.15) is 0 Å². The molecular formula is C10H9Cl2NO3S. The molecule has 0 spiro atoms. The highest BCUT2D eigenvalue weighted by atomic mass is 35.5. The van der Waals surface area contributed by atoms with E-state index >= 15 is 0 Å². The summed E-state index contributed by atoms with van der Waals surface area (Å²) in [6.07, 6.45) is -0.920. The van der Waals surface area contributed by atoms with E-state index in [4.69, 9.17) is 27.9 Å². The number of amides is 2. The Balaban J connectivity index is 2.87. The van der Waals surface area contributed by atoms with E-state index in [1.54, 1.807) is 30.3 Å². The Labute approximate surface area is 114 Å². The Morgan fingerprint density at radius 3 is 2.41 bits per heavy atom. The van der Waals surface area contributed by atoms with Crippen LogP contribution in [0.3, 0.4) is 0 Å². The van der Waals surface area contributed by atoms with Crippen LogP contribution in [0.5, 0.6) is 0 Å². The summed E-state index contributed by atoms with van der Waals surface area (Å²) in [4.78, 5) is 23.5. The lowest BCUT2D eigenvalue weighted by molar-refractivity contribution is 0.152. The first-order valence-corrected chi connectivity index (χ1v) is 5.98. The second kappa shape index (κ2) is 6.74. The van der Waals surface area contributed by atoms with Crippen molar-refractivity contribution in [1.29, 1.82) is 0 Å². The van der Waals surface area contributed by atoms with Gasteiger partial charge in [-0.25, -0.2) is 9.69 Å². The molecule has 4 nitrogen and oxygen atoms in total. The third-order valence-corrected chi connectivity index (χ3v) is 2.69. The Bertz CT molecular complexity index is 402. The number of imide groups is 1. The molecule has 17 heavy (non-hydrogen) atoms. The second-order valence-corrected chi connectivity index (χ2v) is 4.12. The molecule has 2 amide bonds. The lowest BCUT2D eigenvalue weighted by Gasteiger charge is -2.19. The highest BCUT2D eigenvalue weighted by Gasteiger charge is 2.24. The Hall–Kier alpha value is -0.910. The molecule has 0 aliphatic heterocycles. The van der Waals surface area contributed by atoms with E-state index in [-0.39, 0.29) is 5.88 Å². The molecule has 0 saturated carbocycles. The minimum Gasteiger partial charge on any atom is -0.433 e. The van der Waals surface area contributed by atoms with E-state index in [0.29, 0.717) is 10.6 Å². The van der Waals surface area contributed by atoms with Crippen molar-refractivity contribution in [2.75, 3.05) is 10.8 Å². The van der Waals surface area contributed by atoms with Crippen LogP contribution in [0, 0.1) is 0 Å². The number of alkyl halides is 1. The molecule has 0 aliphatic rings. The number of nitrogens with zero attached hydrogens (tertiary/aromatic N) is 1. The van der Waals surface area contributed by atoms with Crippen LogP contribution in [0.15, 0.2) is 30.3 Å². The maximum atomic E-state index is 11.6. The summed E-state index contributed by atoms with van der Waals surface area (Å²) in [5, 5.41) is -0.962. The number of thiol groups is 1. The average Bonchev–Trinajstić information content (AvgIpc) is 2.29. The van der Waals surface area contributed by atoms with Crippen molar-refractivity contribution in [2.24, 2.45) is 0 Å². The van der Waals surface area contributed by atoms with Crippen molar-refractivity contribution in [3.05, 3.63) is 30.3 Å². The fourth-order valence-electron chi connectivity index (χ4n) is 1.06. The number of ether oxygens (including phenoxy) is 1. The minimum atomic E-state index is -0.962. The summed E-state index contributed by atoms with van der Waals surface area (Å²) < 4.78 is 4.79. The number of para-hydroxylation sites is 1. The number of benzene rings is 1. The average molecular weight is 294 g/mol. The van der Waals surface area contributed by atoms with Gasteiger partial charge in [0, 0.05) is 0 Å². The molecule has 7 heteroatoms. The number of carbonyl (C=O) groups excluding carboxylic acids is 2. The molecule has 1 unspecified atom stereocenters. The third kappa shape index (κ3) is 4.11. The van der Waals surface area contributed by atoms with Gasteiger partial charge in [-0.05, 0) is 23.7 Å². The van der Waals surface area contributed by atoms with Gasteiger partial charge in [0.1, 0.15) is 0 Å². The summed E-state index contributed by atoms with van der Waals surface area (Å²) in [6.45, 7) is 0. The smallest absolute Gasteiger partial charge is 0.423 e. The first kappa shape index (κ1) is 14.2. The highest BCUT2D eigenvalue weighted by Crippen LogP contribution is 2.18. The van der Waals surface area contributed by atoms with E-state index in [0.717, 1.165) is 0 Å². The summed E-state index contributed by atoms with van der Waals surface area (Å²) in [6, 6.07) is 8.17. The summed E-state index contributed by atoms with van der Waals surface area (Å²) in [7, 11) is 0. The highest BCUT2D eigenvalue weighted by molar-refractivity contribution is 7.80. The van der Waals surface area contributed by atoms with Gasteiger partial charge in [-0.15, -0.1) is 24.2 Å². The molecule has 0 bridgehead atoms. The van der Waals surface area contributed by atoms with Crippen molar-refractivity contribution in [1.82, 2.24) is 0 Å². The van der Waals surface area contributed by atoms with Crippen molar-refractivity contribution in [3.63, 3.8) is 0 Å². The van der Waals surface area contributed by atoms with E-state index < -0.39 is 16.9 Å². The van der Waals surface area contributed by atoms with Crippen LogP contribution in [-0.2, 0) is 4.74 Å². The Morgan fingerprint density at radius 2 is 1.94 bits per heavy atom. The van der Waals surface area contributed by atoms with Gasteiger partial charge in [0.2, 0.25) is 0 Å². The van der Waals surface area contributed by atoms with Crippen LogP contribution in [0.4, 0.5) is 15.3 Å². The van der Waals surface area contributed by atoms with E-state index in [9.17, 15) is 9.59 Å². The molecule has 1 atom stereocenters. The molecule has 92 valence electrons. The van der Waals surface area contributed by atoms with Crippen LogP contribution < -0.4 is 4.90 Å². The molecule has 1 aromatic rings. The summed E-state index contributed by atoms with van der Waals surface area (Å²) in [5.41, 5.74) is -0.487. The zero-order valence-electron chi connectivity index (χ0n) is 8.55. The van der Waals surface area contributed by atoms with E-state index in [2.05, 4.69) is 12.6 Å². The summed E-state index contributed by atoms with van der Waals surface area (Å²) in [5.74, 6) is 0.00789. The van der Waals surface area contributed by atoms with Gasteiger partial charge in [0.25, 0.3) is 0 Å². The molecule has 0 fully saturated rings. The van der Waals surface area contributed by atoms with Crippen LogP contribution in [0.2, 0.25) is 0 Å². The first-order valence-electron chi connectivity index (χ1n) is 4.55. The van der Waals surface area contributed by atoms with Gasteiger partial charge in [0.15, 0.2) is 5.44 Å². The van der Waals surface area contributed by atoms with Crippen LogP contribution in [-0.4, -0.2) is 22.8 Å². The zero-order chi connectivity index (χ0) is 12.8. The monoisotopic (exact) mass is 293 g/mol. The van der Waals surface area contributed by atoms with Gasteiger partial charge >= 0.3 is 11.5 Å². The minimum absolute atomic E-state index is 0.00789. The van der Waals surface area contributed by atoms with E-state index in [1.807, 2.05) is 0 Å². The lowest BCUT2D eigenvalue weighted by Crippen LogP contribution is -2.35. The first-order chi connectivity index (χ1) is 8.06. The van der Waals surface area contributed by atoms with Gasteiger partial charge in [0.05, 0.1) is 11.6 Å². The normalized spacial score (nSPS) is 11.7. The molecule has 0 aliphatic carbocycles. The largest absolute Gasteiger partial charge is 0.433 e. The third-order valence-electron chi connectivity index (χ3n) is 1.74. The number of carbonyl (C=O) groups is 2. The van der Waals surface area contributed by atoms with Crippen LogP contribution >= 0.6 is 35.8 Å². The predicted octanol–water partition coefficient (Wildman–Crippen LogP) is 3.48. The number of rotatable bonds is 3. The van der Waals surface area contributed by atoms with Gasteiger partial charge in [-0.2, -0.15) is 0 Å². The SMILES string of the molecule is O=C(Cl)N(C(=O)OC(S)CCl)c1ccccc1. The fourth-order valence-corrected chi connectivity index (χ4v) is 1.38. The predicted molar refractivity (Wildman–Crippen MR) is 70.1 cm³/mol. The molecule has 0 heterocycles. The van der Waals surface area contributed by atoms with Crippen molar-refractivity contribution in [3.8, 4) is 0 Å². The molecule has 1 aromatic carbocycles. The van der Waals surface area contributed by atoms with Crippen molar-refractivity contribution in [2.45, 2.75) is 5.44 Å². The number of halogens is 2. The molecule has 1 rings (SSSR count). The van der Waals surface area contributed by atoms with Gasteiger partial charge < -0.3 is 4.74 Å². The topological polar surface area (TPSA) is 46.6 Å². The molecule has 0 saturated heterocycles. The Morgan fingerprint density at radius 1 is 1.35 bits per heavy atom.